The summed E-state index contributed by atoms with van der Waals surface area (Å²) >= 11 is 0. The molecular formula is C18H25NO4. The van der Waals surface area contributed by atoms with Gasteiger partial charge in [0.25, 0.3) is 5.91 Å². The van der Waals surface area contributed by atoms with Crippen molar-refractivity contribution in [3.63, 3.8) is 0 Å². The number of hydrogen-bond acceptors (Lipinski definition) is 3. The second kappa shape index (κ2) is 7.02. The zero-order valence-corrected chi connectivity index (χ0v) is 14.0. The Balaban J connectivity index is 1.77. The van der Waals surface area contributed by atoms with Gasteiger partial charge in [0.05, 0.1) is 5.92 Å². The van der Waals surface area contributed by atoms with Crippen molar-refractivity contribution in [1.29, 1.82) is 0 Å². The molecule has 0 unspecified atom stereocenters. The highest BCUT2D eigenvalue weighted by Crippen LogP contribution is 2.26. The second-order valence-electron chi connectivity index (χ2n) is 7.18. The number of amides is 1. The standard InChI is InChI=1S/C18H25NO4/c1-18(2,3)13-5-8-15(9-6-13)23-11-16(20)19-14-7-4-12(10-14)17(21)22/h5-6,8-9,12,14H,4,7,10-11H2,1-3H3,(H,19,20)(H,21,22)/t12-,14+/m0/s1. The minimum absolute atomic E-state index is 0.0525. The van der Waals surface area contributed by atoms with Gasteiger partial charge < -0.3 is 15.2 Å². The van der Waals surface area contributed by atoms with Crippen LogP contribution < -0.4 is 10.1 Å². The van der Waals surface area contributed by atoms with E-state index < -0.39 is 5.97 Å². The molecule has 0 bridgehead atoms. The molecule has 1 saturated carbocycles. The lowest BCUT2D eigenvalue weighted by molar-refractivity contribution is -0.141. The molecule has 0 aromatic heterocycles. The van der Waals surface area contributed by atoms with Gasteiger partial charge in [0, 0.05) is 6.04 Å². The number of carboxylic acids is 1. The van der Waals surface area contributed by atoms with Crippen molar-refractivity contribution in [3.05, 3.63) is 29.8 Å². The van der Waals surface area contributed by atoms with E-state index in [1.807, 2.05) is 24.3 Å². The average molecular weight is 319 g/mol. The molecule has 5 heteroatoms. The molecule has 1 aromatic rings. The van der Waals surface area contributed by atoms with Crippen LogP contribution in [0.25, 0.3) is 0 Å². The molecule has 2 N–H and O–H groups in total. The van der Waals surface area contributed by atoms with Crippen LogP contribution in [0.3, 0.4) is 0 Å². The van der Waals surface area contributed by atoms with E-state index in [1.54, 1.807) is 0 Å². The summed E-state index contributed by atoms with van der Waals surface area (Å²) in [5, 5.41) is 11.8. The van der Waals surface area contributed by atoms with E-state index in [9.17, 15) is 9.59 Å². The van der Waals surface area contributed by atoms with Crippen LogP contribution in [0.1, 0.15) is 45.6 Å². The fourth-order valence-electron chi connectivity index (χ4n) is 2.81. The van der Waals surface area contributed by atoms with E-state index in [2.05, 4.69) is 26.1 Å². The third-order valence-electron chi connectivity index (χ3n) is 4.24. The molecule has 1 aliphatic carbocycles. The molecule has 0 aliphatic heterocycles. The van der Waals surface area contributed by atoms with E-state index in [0.29, 0.717) is 25.0 Å². The number of aliphatic carboxylic acids is 1. The quantitative estimate of drug-likeness (QED) is 0.875. The number of nitrogens with one attached hydrogen (secondary N) is 1. The molecule has 1 fully saturated rings. The van der Waals surface area contributed by atoms with Crippen LogP contribution in [-0.4, -0.2) is 29.6 Å². The highest BCUT2D eigenvalue weighted by atomic mass is 16.5. The van der Waals surface area contributed by atoms with E-state index in [1.165, 1.54) is 5.56 Å². The molecule has 2 rings (SSSR count). The number of carboxylic acid groups (broad SMARTS) is 1. The van der Waals surface area contributed by atoms with E-state index in [4.69, 9.17) is 9.84 Å². The van der Waals surface area contributed by atoms with Crippen molar-refractivity contribution >= 4 is 11.9 Å². The molecule has 0 radical (unpaired) electrons. The number of rotatable bonds is 5. The van der Waals surface area contributed by atoms with Crippen molar-refractivity contribution < 1.29 is 19.4 Å². The van der Waals surface area contributed by atoms with Gasteiger partial charge >= 0.3 is 5.97 Å². The predicted octanol–water partition coefficient (Wildman–Crippen LogP) is 2.73. The van der Waals surface area contributed by atoms with Crippen molar-refractivity contribution in [2.24, 2.45) is 5.92 Å². The van der Waals surface area contributed by atoms with Crippen molar-refractivity contribution in [3.8, 4) is 5.75 Å². The van der Waals surface area contributed by atoms with Gasteiger partial charge in [-0.3, -0.25) is 9.59 Å². The first-order valence-corrected chi connectivity index (χ1v) is 8.01. The Hall–Kier alpha value is -2.04. The number of hydrogen-bond donors (Lipinski definition) is 2. The summed E-state index contributed by atoms with van der Waals surface area (Å²) in [4.78, 5) is 22.8. The lowest BCUT2D eigenvalue weighted by Gasteiger charge is -2.19. The fraction of sp³-hybridized carbons (Fsp3) is 0.556. The Morgan fingerprint density at radius 1 is 1.22 bits per heavy atom. The van der Waals surface area contributed by atoms with Crippen LogP contribution in [-0.2, 0) is 15.0 Å². The largest absolute Gasteiger partial charge is 0.484 e. The highest BCUT2D eigenvalue weighted by Gasteiger charge is 2.30. The van der Waals surface area contributed by atoms with Crippen molar-refractivity contribution in [2.45, 2.75) is 51.5 Å². The number of carbonyl (C=O) groups excluding carboxylic acids is 1. The van der Waals surface area contributed by atoms with E-state index in [0.717, 1.165) is 0 Å². The Morgan fingerprint density at radius 3 is 2.39 bits per heavy atom. The van der Waals surface area contributed by atoms with Gasteiger partial charge in [0.15, 0.2) is 6.61 Å². The third kappa shape index (κ3) is 4.98. The van der Waals surface area contributed by atoms with Gasteiger partial charge in [0.2, 0.25) is 0 Å². The molecule has 126 valence electrons. The smallest absolute Gasteiger partial charge is 0.306 e. The second-order valence-corrected chi connectivity index (χ2v) is 7.18. The maximum Gasteiger partial charge on any atom is 0.306 e. The SMILES string of the molecule is CC(C)(C)c1ccc(OCC(=O)N[C@@H]2CC[C@H](C(=O)O)C2)cc1. The van der Waals surface area contributed by atoms with Crippen LogP contribution in [0.2, 0.25) is 0 Å². The number of ether oxygens (including phenoxy) is 1. The Morgan fingerprint density at radius 2 is 1.87 bits per heavy atom. The lowest BCUT2D eigenvalue weighted by Crippen LogP contribution is -2.36. The molecular weight excluding hydrogens is 294 g/mol. The minimum Gasteiger partial charge on any atom is -0.484 e. The monoisotopic (exact) mass is 319 g/mol. The number of benzene rings is 1. The molecule has 0 heterocycles. The summed E-state index contributed by atoms with van der Waals surface area (Å²) in [6.07, 6.45) is 1.83. The molecule has 0 saturated heterocycles. The normalized spacial score (nSPS) is 21.0. The van der Waals surface area contributed by atoms with Gasteiger partial charge in [-0.2, -0.15) is 0 Å². The lowest BCUT2D eigenvalue weighted by atomic mass is 9.87. The van der Waals surface area contributed by atoms with E-state index >= 15 is 0 Å². The van der Waals surface area contributed by atoms with E-state index in [-0.39, 0.29) is 29.9 Å². The van der Waals surface area contributed by atoms with Crippen molar-refractivity contribution in [2.75, 3.05) is 6.61 Å². The van der Waals surface area contributed by atoms with Gasteiger partial charge in [-0.15, -0.1) is 0 Å². The zero-order valence-electron chi connectivity index (χ0n) is 14.0. The van der Waals surface area contributed by atoms with Crippen LogP contribution in [0, 0.1) is 5.92 Å². The van der Waals surface area contributed by atoms with Crippen LogP contribution in [0.4, 0.5) is 0 Å². The summed E-state index contributed by atoms with van der Waals surface area (Å²) in [6, 6.07) is 7.67. The Kier molecular flexibility index (Phi) is 5.29. The first-order valence-electron chi connectivity index (χ1n) is 8.01. The maximum atomic E-state index is 11.9. The van der Waals surface area contributed by atoms with Gasteiger partial charge in [0.1, 0.15) is 5.75 Å². The molecule has 1 amide bonds. The van der Waals surface area contributed by atoms with Gasteiger partial charge in [-0.1, -0.05) is 32.9 Å². The first kappa shape index (κ1) is 17.3. The molecule has 1 aromatic carbocycles. The van der Waals surface area contributed by atoms with Crippen molar-refractivity contribution in [1.82, 2.24) is 5.32 Å². The molecule has 5 nitrogen and oxygen atoms in total. The molecule has 1 aliphatic rings. The zero-order chi connectivity index (χ0) is 17.0. The number of carbonyl (C=O) groups is 2. The highest BCUT2D eigenvalue weighted by molar-refractivity contribution is 5.78. The molecule has 2 atom stereocenters. The van der Waals surface area contributed by atoms with Gasteiger partial charge in [-0.25, -0.2) is 0 Å². The Bertz CT molecular complexity index is 559. The summed E-state index contributed by atoms with van der Waals surface area (Å²) in [7, 11) is 0. The summed E-state index contributed by atoms with van der Waals surface area (Å²) in [5.74, 6) is -0.674. The molecule has 23 heavy (non-hydrogen) atoms. The molecule has 0 spiro atoms. The fourth-order valence-corrected chi connectivity index (χ4v) is 2.81. The summed E-state index contributed by atoms with van der Waals surface area (Å²) in [6.45, 7) is 6.37. The Labute approximate surface area is 137 Å². The van der Waals surface area contributed by atoms with Crippen LogP contribution in [0.15, 0.2) is 24.3 Å². The van der Waals surface area contributed by atoms with Crippen LogP contribution >= 0.6 is 0 Å². The van der Waals surface area contributed by atoms with Crippen LogP contribution in [0.5, 0.6) is 5.75 Å². The average Bonchev–Trinajstić information content (AvgIpc) is 2.93. The maximum absolute atomic E-state index is 11.9. The predicted molar refractivity (Wildman–Crippen MR) is 87.5 cm³/mol. The first-order chi connectivity index (χ1) is 10.8. The minimum atomic E-state index is -0.781. The topological polar surface area (TPSA) is 75.6 Å². The summed E-state index contributed by atoms with van der Waals surface area (Å²) in [5.41, 5.74) is 1.29. The van der Waals surface area contributed by atoms with Gasteiger partial charge in [-0.05, 0) is 42.4 Å². The summed E-state index contributed by atoms with van der Waals surface area (Å²) < 4.78 is 5.49. The third-order valence-corrected chi connectivity index (χ3v) is 4.24.